The molecule has 1 aromatic heterocycles. The fourth-order valence-corrected chi connectivity index (χ4v) is 3.49. The van der Waals surface area contributed by atoms with Gasteiger partial charge in [0.05, 0.1) is 5.25 Å². The van der Waals surface area contributed by atoms with Crippen molar-refractivity contribution in [3.63, 3.8) is 0 Å². The second-order valence-corrected chi connectivity index (χ2v) is 7.24. The molecular weight excluding hydrogens is 362 g/mol. The summed E-state index contributed by atoms with van der Waals surface area (Å²) in [7, 11) is 0. The quantitative estimate of drug-likeness (QED) is 0.749. The highest BCUT2D eigenvalue weighted by atomic mass is 35.5. The van der Waals surface area contributed by atoms with E-state index >= 15 is 0 Å². The summed E-state index contributed by atoms with van der Waals surface area (Å²) in [6.07, 6.45) is 0. The molecule has 2 aromatic rings. The van der Waals surface area contributed by atoms with E-state index in [0.29, 0.717) is 22.5 Å². The van der Waals surface area contributed by atoms with E-state index in [1.807, 2.05) is 37.5 Å². The van der Waals surface area contributed by atoms with Gasteiger partial charge in [-0.2, -0.15) is 0 Å². The van der Waals surface area contributed by atoms with Crippen molar-refractivity contribution in [2.75, 3.05) is 0 Å². The van der Waals surface area contributed by atoms with Gasteiger partial charge in [0.2, 0.25) is 5.91 Å². The third kappa shape index (κ3) is 4.73. The van der Waals surface area contributed by atoms with Gasteiger partial charge in [0.15, 0.2) is 11.0 Å². The first kappa shape index (κ1) is 19.3. The molecule has 0 saturated carbocycles. The van der Waals surface area contributed by atoms with Crippen LogP contribution in [-0.2, 0) is 11.3 Å². The van der Waals surface area contributed by atoms with Gasteiger partial charge in [-0.1, -0.05) is 37.2 Å². The summed E-state index contributed by atoms with van der Waals surface area (Å²) in [6, 6.07) is 6.44. The van der Waals surface area contributed by atoms with Crippen molar-refractivity contribution >= 4 is 35.3 Å². The number of hydrogen-bond acceptors (Lipinski definition) is 5. The van der Waals surface area contributed by atoms with Crippen LogP contribution in [0.25, 0.3) is 11.4 Å². The van der Waals surface area contributed by atoms with Crippen LogP contribution in [-0.4, -0.2) is 32.0 Å². The van der Waals surface area contributed by atoms with Gasteiger partial charge < -0.3 is 10.3 Å². The van der Waals surface area contributed by atoms with Gasteiger partial charge in [-0.3, -0.25) is 10.1 Å². The first-order chi connectivity index (χ1) is 11.8. The van der Waals surface area contributed by atoms with Crippen molar-refractivity contribution in [2.45, 2.75) is 37.7 Å². The predicted molar refractivity (Wildman–Crippen MR) is 98.4 cm³/mol. The van der Waals surface area contributed by atoms with Gasteiger partial charge in [0.1, 0.15) is 0 Å². The Kier molecular flexibility index (Phi) is 6.44. The van der Waals surface area contributed by atoms with E-state index in [9.17, 15) is 9.59 Å². The summed E-state index contributed by atoms with van der Waals surface area (Å²) in [6.45, 7) is 6.40. The van der Waals surface area contributed by atoms with Gasteiger partial charge in [0.25, 0.3) is 0 Å². The lowest BCUT2D eigenvalue weighted by Crippen LogP contribution is -2.42. The molecule has 0 saturated heterocycles. The van der Waals surface area contributed by atoms with Crippen LogP contribution >= 0.6 is 23.4 Å². The minimum atomic E-state index is -0.866. The van der Waals surface area contributed by atoms with Crippen LogP contribution in [0.1, 0.15) is 20.8 Å². The molecule has 0 fully saturated rings. The number of benzene rings is 1. The lowest BCUT2D eigenvalue weighted by atomic mass is 10.1. The molecule has 3 N–H and O–H groups in total. The van der Waals surface area contributed by atoms with Crippen molar-refractivity contribution in [2.24, 2.45) is 11.7 Å². The third-order valence-electron chi connectivity index (χ3n) is 3.48. The van der Waals surface area contributed by atoms with Crippen LogP contribution in [0.4, 0.5) is 4.79 Å². The second kappa shape index (κ2) is 8.35. The third-order valence-corrected chi connectivity index (χ3v) is 5.26. The molecule has 25 heavy (non-hydrogen) atoms. The number of rotatable bonds is 6. The van der Waals surface area contributed by atoms with Crippen molar-refractivity contribution in [3.05, 3.63) is 29.3 Å². The van der Waals surface area contributed by atoms with Crippen molar-refractivity contribution in [1.82, 2.24) is 20.1 Å². The number of carbonyl (C=O) groups excluding carboxylic acids is 2. The number of nitrogens with one attached hydrogen (secondary N) is 1. The molecule has 0 bridgehead atoms. The largest absolute Gasteiger partial charge is 0.351 e. The van der Waals surface area contributed by atoms with Crippen molar-refractivity contribution < 1.29 is 9.59 Å². The maximum absolute atomic E-state index is 12.2. The molecule has 1 aromatic carbocycles. The van der Waals surface area contributed by atoms with Gasteiger partial charge in [-0.05, 0) is 37.1 Å². The number of amides is 3. The average Bonchev–Trinajstić information content (AvgIpc) is 2.94. The zero-order valence-corrected chi connectivity index (χ0v) is 15.8. The Bertz CT molecular complexity index is 760. The predicted octanol–water partition coefficient (Wildman–Crippen LogP) is 2.93. The van der Waals surface area contributed by atoms with E-state index in [1.54, 1.807) is 12.1 Å². The van der Waals surface area contributed by atoms with E-state index in [0.717, 1.165) is 5.56 Å². The number of hydrogen-bond donors (Lipinski definition) is 2. The monoisotopic (exact) mass is 381 g/mol. The molecule has 9 heteroatoms. The molecule has 134 valence electrons. The Morgan fingerprint density at radius 3 is 2.44 bits per heavy atom. The molecule has 2 rings (SSSR count). The number of carbonyl (C=O) groups is 2. The zero-order valence-electron chi connectivity index (χ0n) is 14.2. The van der Waals surface area contributed by atoms with E-state index in [-0.39, 0.29) is 5.92 Å². The van der Waals surface area contributed by atoms with Crippen LogP contribution in [0.3, 0.4) is 0 Å². The van der Waals surface area contributed by atoms with E-state index in [4.69, 9.17) is 17.3 Å². The normalized spacial score (nSPS) is 12.2. The molecule has 0 aliphatic rings. The summed E-state index contributed by atoms with van der Waals surface area (Å²) >= 11 is 7.19. The standard InChI is InChI=1S/C16H20ClN5O2S/c1-4-22-13(10-5-7-11(17)8-6-10)20-21-16(22)25-12(9(2)3)14(23)19-15(18)24/h5-9,12H,4H2,1-3H3,(H3,18,19,23,24)/t12-/m0/s1. The Balaban J connectivity index is 2.31. The van der Waals surface area contributed by atoms with E-state index in [1.165, 1.54) is 11.8 Å². The smallest absolute Gasteiger partial charge is 0.318 e. The first-order valence-corrected chi connectivity index (χ1v) is 9.05. The van der Waals surface area contributed by atoms with Crippen molar-refractivity contribution in [1.29, 1.82) is 0 Å². The molecule has 0 aliphatic heterocycles. The number of nitrogens with zero attached hydrogens (tertiary/aromatic N) is 3. The molecular formula is C16H20ClN5O2S. The summed E-state index contributed by atoms with van der Waals surface area (Å²) in [5, 5.41) is 11.3. The summed E-state index contributed by atoms with van der Waals surface area (Å²) in [5.41, 5.74) is 5.93. The Labute approximate surface area is 155 Å². The molecule has 0 radical (unpaired) electrons. The highest BCUT2D eigenvalue weighted by molar-refractivity contribution is 8.00. The van der Waals surface area contributed by atoms with Crippen molar-refractivity contribution in [3.8, 4) is 11.4 Å². The average molecular weight is 382 g/mol. The number of imide groups is 1. The van der Waals surface area contributed by atoms with Gasteiger partial charge in [-0.25, -0.2) is 4.79 Å². The highest BCUT2D eigenvalue weighted by Crippen LogP contribution is 2.30. The zero-order chi connectivity index (χ0) is 18.6. The number of primary amides is 1. The molecule has 7 nitrogen and oxygen atoms in total. The number of urea groups is 1. The molecule has 3 amide bonds. The molecule has 1 atom stereocenters. The first-order valence-electron chi connectivity index (χ1n) is 7.79. The molecule has 0 spiro atoms. The minimum Gasteiger partial charge on any atom is -0.351 e. The number of nitrogens with two attached hydrogens (primary N) is 1. The van der Waals surface area contributed by atoms with Crippen LogP contribution in [0, 0.1) is 5.92 Å². The molecule has 1 heterocycles. The Morgan fingerprint density at radius 1 is 1.28 bits per heavy atom. The minimum absolute atomic E-state index is 0.0228. The molecule has 0 unspecified atom stereocenters. The Morgan fingerprint density at radius 2 is 1.92 bits per heavy atom. The number of thioether (sulfide) groups is 1. The summed E-state index contributed by atoms with van der Waals surface area (Å²) in [5.74, 6) is 0.232. The van der Waals surface area contributed by atoms with Gasteiger partial charge in [-0.15, -0.1) is 10.2 Å². The topological polar surface area (TPSA) is 103 Å². The van der Waals surface area contributed by atoms with Crippen LogP contribution in [0.2, 0.25) is 5.02 Å². The van der Waals surface area contributed by atoms with Crippen LogP contribution in [0.5, 0.6) is 0 Å². The fraction of sp³-hybridized carbons (Fsp3) is 0.375. The summed E-state index contributed by atoms with van der Waals surface area (Å²) < 4.78 is 1.92. The number of aromatic nitrogens is 3. The van der Waals surface area contributed by atoms with Crippen LogP contribution in [0.15, 0.2) is 29.4 Å². The van der Waals surface area contributed by atoms with E-state index < -0.39 is 17.2 Å². The fourth-order valence-electron chi connectivity index (χ4n) is 2.27. The second-order valence-electron chi connectivity index (χ2n) is 5.69. The maximum Gasteiger partial charge on any atom is 0.318 e. The highest BCUT2D eigenvalue weighted by Gasteiger charge is 2.27. The van der Waals surface area contributed by atoms with Crippen LogP contribution < -0.4 is 11.1 Å². The summed E-state index contributed by atoms with van der Waals surface area (Å²) in [4.78, 5) is 23.2. The number of halogens is 1. The van der Waals surface area contributed by atoms with Gasteiger partial charge in [0, 0.05) is 17.1 Å². The SMILES string of the molecule is CCn1c(S[C@H](C(=O)NC(N)=O)C(C)C)nnc1-c1ccc(Cl)cc1. The maximum atomic E-state index is 12.2. The lowest BCUT2D eigenvalue weighted by molar-refractivity contribution is -0.120. The van der Waals surface area contributed by atoms with Gasteiger partial charge >= 0.3 is 6.03 Å². The van der Waals surface area contributed by atoms with E-state index in [2.05, 4.69) is 15.5 Å². The molecule has 0 aliphatic carbocycles. The lowest BCUT2D eigenvalue weighted by Gasteiger charge is -2.18. The Hall–Kier alpha value is -2.06.